The van der Waals surface area contributed by atoms with Gasteiger partial charge in [0.2, 0.25) is 0 Å². The fourth-order valence-corrected chi connectivity index (χ4v) is 3.55. The van der Waals surface area contributed by atoms with Crippen LogP contribution in [0, 0.1) is 12.8 Å². The Morgan fingerprint density at radius 2 is 2.11 bits per heavy atom. The van der Waals surface area contributed by atoms with E-state index in [9.17, 15) is 0 Å². The maximum atomic E-state index is 3.67. The molecule has 1 unspecified atom stereocenters. The number of likely N-dealkylation sites (tertiary alicyclic amines) is 1. The van der Waals surface area contributed by atoms with Gasteiger partial charge in [0.25, 0.3) is 0 Å². The van der Waals surface area contributed by atoms with E-state index in [0.29, 0.717) is 6.04 Å². The summed E-state index contributed by atoms with van der Waals surface area (Å²) in [5, 5.41) is 3.67. The minimum absolute atomic E-state index is 0.509. The molecule has 1 aromatic rings. The van der Waals surface area contributed by atoms with Crippen molar-refractivity contribution in [3.63, 3.8) is 0 Å². The van der Waals surface area contributed by atoms with Crippen LogP contribution >= 0.6 is 11.3 Å². The van der Waals surface area contributed by atoms with Crippen LogP contribution in [0.25, 0.3) is 0 Å². The molecule has 1 atom stereocenters. The largest absolute Gasteiger partial charge is 0.309 e. The van der Waals surface area contributed by atoms with Crippen molar-refractivity contribution in [2.24, 2.45) is 5.92 Å². The van der Waals surface area contributed by atoms with Gasteiger partial charge in [0.05, 0.1) is 0 Å². The molecule has 3 heteroatoms. The van der Waals surface area contributed by atoms with Crippen molar-refractivity contribution >= 4 is 11.3 Å². The van der Waals surface area contributed by atoms with Crippen molar-refractivity contribution in [3.8, 4) is 0 Å². The second kappa shape index (κ2) is 6.69. The van der Waals surface area contributed by atoms with Gasteiger partial charge in [0.15, 0.2) is 0 Å². The summed E-state index contributed by atoms with van der Waals surface area (Å²) in [5.74, 6) is 0.936. The van der Waals surface area contributed by atoms with E-state index in [0.717, 1.165) is 12.5 Å². The van der Waals surface area contributed by atoms with Crippen molar-refractivity contribution in [2.45, 2.75) is 39.2 Å². The minimum Gasteiger partial charge on any atom is -0.309 e. The smallest absolute Gasteiger partial charge is 0.0386 e. The molecule has 0 radical (unpaired) electrons. The van der Waals surface area contributed by atoms with Crippen molar-refractivity contribution in [3.05, 3.63) is 21.9 Å². The van der Waals surface area contributed by atoms with Gasteiger partial charge in [-0.1, -0.05) is 0 Å². The Labute approximate surface area is 115 Å². The molecule has 1 aromatic heterocycles. The van der Waals surface area contributed by atoms with Gasteiger partial charge in [0.1, 0.15) is 0 Å². The van der Waals surface area contributed by atoms with Crippen LogP contribution in [0.3, 0.4) is 0 Å². The lowest BCUT2D eigenvalue weighted by molar-refractivity contribution is 0.211. The van der Waals surface area contributed by atoms with Crippen LogP contribution in [0.15, 0.2) is 12.1 Å². The van der Waals surface area contributed by atoms with Crippen LogP contribution in [-0.2, 0) is 0 Å². The van der Waals surface area contributed by atoms with Crippen LogP contribution in [0.2, 0.25) is 0 Å². The number of aryl methyl sites for hydroxylation is 1. The molecule has 0 spiro atoms. The maximum Gasteiger partial charge on any atom is 0.0386 e. The maximum absolute atomic E-state index is 3.67. The summed E-state index contributed by atoms with van der Waals surface area (Å²) in [7, 11) is 2.23. The summed E-state index contributed by atoms with van der Waals surface area (Å²) >= 11 is 1.91. The van der Waals surface area contributed by atoms with Crippen LogP contribution in [0.4, 0.5) is 0 Å². The molecule has 0 saturated carbocycles. The third-order valence-corrected chi connectivity index (χ3v) is 5.21. The Bertz CT molecular complexity index is 353. The first-order chi connectivity index (χ1) is 8.65. The molecule has 0 amide bonds. The van der Waals surface area contributed by atoms with Gasteiger partial charge in [-0.15, -0.1) is 11.3 Å². The van der Waals surface area contributed by atoms with E-state index >= 15 is 0 Å². The van der Waals surface area contributed by atoms with E-state index in [1.54, 1.807) is 0 Å². The SMILES string of the molecule is Cc1ccc(C(C)NCCC2CCN(C)CC2)s1. The Kier molecular flexibility index (Phi) is 5.22. The number of piperidine rings is 1. The lowest BCUT2D eigenvalue weighted by atomic mass is 9.94. The van der Waals surface area contributed by atoms with Crippen LogP contribution in [-0.4, -0.2) is 31.6 Å². The normalized spacial score (nSPS) is 20.2. The van der Waals surface area contributed by atoms with Crippen molar-refractivity contribution in [1.29, 1.82) is 0 Å². The highest BCUT2D eigenvalue weighted by Gasteiger charge is 2.16. The van der Waals surface area contributed by atoms with Crippen molar-refractivity contribution in [2.75, 3.05) is 26.7 Å². The second-order valence-corrected chi connectivity index (χ2v) is 6.98. The van der Waals surface area contributed by atoms with Crippen LogP contribution in [0.5, 0.6) is 0 Å². The molecule has 2 rings (SSSR count). The fraction of sp³-hybridized carbons (Fsp3) is 0.733. The lowest BCUT2D eigenvalue weighted by Gasteiger charge is -2.29. The van der Waals surface area contributed by atoms with Crippen LogP contribution < -0.4 is 5.32 Å². The molecule has 0 aliphatic carbocycles. The molecule has 1 aliphatic rings. The number of nitrogens with zero attached hydrogens (tertiary/aromatic N) is 1. The highest BCUT2D eigenvalue weighted by atomic mass is 32.1. The number of rotatable bonds is 5. The zero-order valence-corrected chi connectivity index (χ0v) is 12.7. The predicted molar refractivity (Wildman–Crippen MR) is 80.3 cm³/mol. The Balaban J connectivity index is 1.66. The molecule has 2 nitrogen and oxygen atoms in total. The molecule has 0 aromatic carbocycles. The van der Waals surface area contributed by atoms with E-state index in [1.165, 1.54) is 42.1 Å². The monoisotopic (exact) mass is 266 g/mol. The molecule has 1 fully saturated rings. The molecule has 1 aliphatic heterocycles. The molecule has 102 valence electrons. The Morgan fingerprint density at radius 3 is 2.72 bits per heavy atom. The molecule has 1 N–H and O–H groups in total. The van der Waals surface area contributed by atoms with E-state index < -0.39 is 0 Å². The number of hydrogen-bond acceptors (Lipinski definition) is 3. The van der Waals surface area contributed by atoms with Crippen LogP contribution in [0.1, 0.15) is 42.0 Å². The van der Waals surface area contributed by atoms with E-state index in [-0.39, 0.29) is 0 Å². The molecular formula is C15H26N2S. The Morgan fingerprint density at radius 1 is 1.39 bits per heavy atom. The summed E-state index contributed by atoms with van der Waals surface area (Å²) in [6.07, 6.45) is 4.10. The first-order valence-electron chi connectivity index (χ1n) is 7.13. The topological polar surface area (TPSA) is 15.3 Å². The van der Waals surface area contributed by atoms with Gasteiger partial charge in [-0.2, -0.15) is 0 Å². The zero-order chi connectivity index (χ0) is 13.0. The molecule has 18 heavy (non-hydrogen) atoms. The van der Waals surface area contributed by atoms with Gasteiger partial charge < -0.3 is 10.2 Å². The molecule has 2 heterocycles. The third kappa shape index (κ3) is 4.08. The summed E-state index contributed by atoms with van der Waals surface area (Å²) in [5.41, 5.74) is 0. The van der Waals surface area contributed by atoms with Gasteiger partial charge in [-0.05, 0) is 77.8 Å². The van der Waals surface area contributed by atoms with Crippen molar-refractivity contribution < 1.29 is 0 Å². The first kappa shape index (κ1) is 14.0. The molecule has 1 saturated heterocycles. The average Bonchev–Trinajstić information content (AvgIpc) is 2.78. The quantitative estimate of drug-likeness (QED) is 0.878. The molecule has 0 bridgehead atoms. The van der Waals surface area contributed by atoms with Gasteiger partial charge in [0, 0.05) is 15.8 Å². The average molecular weight is 266 g/mol. The summed E-state index contributed by atoms with van der Waals surface area (Å²) in [6, 6.07) is 4.98. The predicted octanol–water partition coefficient (Wildman–Crippen LogP) is 3.44. The first-order valence-corrected chi connectivity index (χ1v) is 7.95. The number of thiophene rings is 1. The number of nitrogens with one attached hydrogen (secondary N) is 1. The van der Waals surface area contributed by atoms with E-state index in [4.69, 9.17) is 0 Å². The summed E-state index contributed by atoms with van der Waals surface area (Å²) < 4.78 is 0. The van der Waals surface area contributed by atoms with Gasteiger partial charge in [-0.25, -0.2) is 0 Å². The lowest BCUT2D eigenvalue weighted by Crippen LogP contribution is -2.31. The minimum atomic E-state index is 0.509. The van der Waals surface area contributed by atoms with Gasteiger partial charge >= 0.3 is 0 Å². The standard InChI is InChI=1S/C15H26N2S/c1-12-4-5-15(18-12)13(2)16-9-6-14-7-10-17(3)11-8-14/h4-5,13-14,16H,6-11H2,1-3H3. The second-order valence-electron chi connectivity index (χ2n) is 5.66. The Hall–Kier alpha value is -0.380. The van der Waals surface area contributed by atoms with Gasteiger partial charge in [-0.3, -0.25) is 0 Å². The highest BCUT2D eigenvalue weighted by Crippen LogP contribution is 2.23. The fourth-order valence-electron chi connectivity index (χ4n) is 2.64. The molecular weight excluding hydrogens is 240 g/mol. The third-order valence-electron chi connectivity index (χ3n) is 4.03. The zero-order valence-electron chi connectivity index (χ0n) is 11.9. The number of hydrogen-bond donors (Lipinski definition) is 1. The van der Waals surface area contributed by atoms with Crippen molar-refractivity contribution in [1.82, 2.24) is 10.2 Å². The summed E-state index contributed by atoms with van der Waals surface area (Å²) in [4.78, 5) is 5.32. The van der Waals surface area contributed by atoms with E-state index in [2.05, 4.69) is 43.2 Å². The van der Waals surface area contributed by atoms with E-state index in [1.807, 2.05) is 11.3 Å². The highest BCUT2D eigenvalue weighted by molar-refractivity contribution is 7.12. The summed E-state index contributed by atoms with van der Waals surface area (Å²) in [6.45, 7) is 8.18.